The van der Waals surface area contributed by atoms with Crippen molar-refractivity contribution < 1.29 is 14.3 Å². The van der Waals surface area contributed by atoms with Crippen molar-refractivity contribution in [2.45, 2.75) is 13.8 Å². The van der Waals surface area contributed by atoms with Gasteiger partial charge in [0.05, 0.1) is 24.8 Å². The van der Waals surface area contributed by atoms with E-state index in [1.54, 1.807) is 19.2 Å². The maximum Gasteiger partial charge on any atom is 0.254 e. The maximum atomic E-state index is 12.9. The first-order chi connectivity index (χ1) is 15.0. The van der Waals surface area contributed by atoms with Gasteiger partial charge >= 0.3 is 0 Å². The summed E-state index contributed by atoms with van der Waals surface area (Å²) < 4.78 is 11.3. The topological polar surface area (TPSA) is 95.6 Å². The molecule has 1 amide bonds. The molecule has 1 fully saturated rings. The predicted molar refractivity (Wildman–Crippen MR) is 119 cm³/mol. The van der Waals surface area contributed by atoms with Crippen LogP contribution in [-0.4, -0.2) is 77.6 Å². The summed E-state index contributed by atoms with van der Waals surface area (Å²) >= 11 is 0. The summed E-state index contributed by atoms with van der Waals surface area (Å²) in [4.78, 5) is 29.2. The van der Waals surface area contributed by atoms with Gasteiger partial charge in [-0.25, -0.2) is 0 Å². The van der Waals surface area contributed by atoms with Crippen molar-refractivity contribution in [2.75, 3.05) is 52.3 Å². The fourth-order valence-corrected chi connectivity index (χ4v) is 3.69. The van der Waals surface area contributed by atoms with E-state index in [0.717, 1.165) is 37.1 Å². The molecular weight excluding hydrogens is 396 g/mol. The first kappa shape index (κ1) is 20.9. The van der Waals surface area contributed by atoms with Crippen molar-refractivity contribution in [2.24, 2.45) is 0 Å². The number of hydrogen-bond donors (Lipinski definition) is 2. The minimum atomic E-state index is 0.0103. The zero-order valence-corrected chi connectivity index (χ0v) is 18.4. The lowest BCUT2D eigenvalue weighted by Crippen LogP contribution is -2.47. The number of methoxy groups -OCH3 is 1. The standard InChI is InChI=1S/C22H28N6O3/c1-5-31-20-18-14(2)13-23-19(18)25-22(26-20)24-16-7-6-15(12-17(16)30-4)21(29)28-10-8-27(3)9-11-28/h6-7,12-13H,5,8-11H2,1-4H3,(H2,23,24,25,26). The van der Waals surface area contributed by atoms with Crippen LogP contribution in [0.3, 0.4) is 0 Å². The van der Waals surface area contributed by atoms with Crippen LogP contribution in [0.5, 0.6) is 11.6 Å². The van der Waals surface area contributed by atoms with Gasteiger partial charge in [0.2, 0.25) is 11.8 Å². The summed E-state index contributed by atoms with van der Waals surface area (Å²) in [5.74, 6) is 1.46. The van der Waals surface area contributed by atoms with Gasteiger partial charge < -0.3 is 29.6 Å². The number of hydrogen-bond acceptors (Lipinski definition) is 7. The summed E-state index contributed by atoms with van der Waals surface area (Å²) in [6.45, 7) is 7.61. The third kappa shape index (κ3) is 4.27. The number of amides is 1. The lowest BCUT2D eigenvalue weighted by atomic mass is 10.1. The van der Waals surface area contributed by atoms with E-state index in [1.807, 2.05) is 31.0 Å². The number of rotatable bonds is 6. The summed E-state index contributed by atoms with van der Waals surface area (Å²) in [6, 6.07) is 5.37. The summed E-state index contributed by atoms with van der Waals surface area (Å²) in [5, 5.41) is 4.06. The molecule has 0 bridgehead atoms. The van der Waals surface area contributed by atoms with Crippen LogP contribution in [0.2, 0.25) is 0 Å². The Labute approximate surface area is 181 Å². The van der Waals surface area contributed by atoms with E-state index in [2.05, 4.69) is 32.2 Å². The Morgan fingerprint density at radius 2 is 2.00 bits per heavy atom. The molecule has 9 heteroatoms. The number of aryl methyl sites for hydroxylation is 1. The molecule has 0 spiro atoms. The van der Waals surface area contributed by atoms with Crippen molar-refractivity contribution in [3.63, 3.8) is 0 Å². The van der Waals surface area contributed by atoms with Crippen molar-refractivity contribution >= 4 is 28.6 Å². The van der Waals surface area contributed by atoms with Crippen molar-refractivity contribution in [1.29, 1.82) is 0 Å². The van der Waals surface area contributed by atoms with Gasteiger partial charge in [0.15, 0.2) is 0 Å². The van der Waals surface area contributed by atoms with Gasteiger partial charge in [0, 0.05) is 37.9 Å². The van der Waals surface area contributed by atoms with Crippen LogP contribution < -0.4 is 14.8 Å². The summed E-state index contributed by atoms with van der Waals surface area (Å²) in [6.07, 6.45) is 1.88. The number of benzene rings is 1. The molecule has 1 aromatic carbocycles. The van der Waals surface area contributed by atoms with E-state index in [9.17, 15) is 4.79 Å². The molecule has 0 saturated carbocycles. The molecule has 1 aliphatic rings. The highest BCUT2D eigenvalue weighted by Gasteiger charge is 2.22. The van der Waals surface area contributed by atoms with E-state index in [-0.39, 0.29) is 5.91 Å². The first-order valence-corrected chi connectivity index (χ1v) is 10.4. The Kier molecular flexibility index (Phi) is 5.94. The predicted octanol–water partition coefficient (Wildman–Crippen LogP) is 2.80. The van der Waals surface area contributed by atoms with Gasteiger partial charge in [-0.15, -0.1) is 0 Å². The van der Waals surface area contributed by atoms with Crippen molar-refractivity contribution in [1.82, 2.24) is 24.8 Å². The van der Waals surface area contributed by atoms with E-state index >= 15 is 0 Å². The maximum absolute atomic E-state index is 12.9. The Hall–Kier alpha value is -3.33. The molecule has 164 valence electrons. The quantitative estimate of drug-likeness (QED) is 0.628. The molecule has 1 aliphatic heterocycles. The lowest BCUT2D eigenvalue weighted by molar-refractivity contribution is 0.0664. The van der Waals surface area contributed by atoms with Gasteiger partial charge in [0.25, 0.3) is 5.91 Å². The number of ether oxygens (including phenoxy) is 2. The number of carbonyl (C=O) groups excluding carboxylic acids is 1. The van der Waals surface area contributed by atoms with Crippen LogP contribution in [0.25, 0.3) is 11.0 Å². The molecule has 9 nitrogen and oxygen atoms in total. The van der Waals surface area contributed by atoms with Gasteiger partial charge in [-0.05, 0) is 44.7 Å². The number of H-pyrrole nitrogens is 1. The first-order valence-electron chi connectivity index (χ1n) is 10.4. The molecule has 0 unspecified atom stereocenters. The monoisotopic (exact) mass is 424 g/mol. The van der Waals surface area contributed by atoms with E-state index in [4.69, 9.17) is 9.47 Å². The SMILES string of the molecule is CCOc1nc(Nc2ccc(C(=O)N3CCN(C)CC3)cc2OC)nc2[nH]cc(C)c12. The molecule has 2 aromatic heterocycles. The zero-order chi connectivity index (χ0) is 22.0. The molecule has 4 rings (SSSR count). The third-order valence-electron chi connectivity index (χ3n) is 5.46. The minimum Gasteiger partial charge on any atom is -0.495 e. The number of carbonyl (C=O) groups is 1. The fraction of sp³-hybridized carbons (Fsp3) is 0.409. The normalized spacial score (nSPS) is 14.6. The average Bonchev–Trinajstić information content (AvgIpc) is 3.15. The number of fused-ring (bicyclic) bond motifs is 1. The molecule has 1 saturated heterocycles. The highest BCUT2D eigenvalue weighted by Crippen LogP contribution is 2.31. The number of nitrogens with zero attached hydrogens (tertiary/aromatic N) is 4. The Balaban J connectivity index is 1.59. The average molecular weight is 425 g/mol. The third-order valence-corrected chi connectivity index (χ3v) is 5.46. The van der Waals surface area contributed by atoms with Crippen LogP contribution in [-0.2, 0) is 0 Å². The van der Waals surface area contributed by atoms with Gasteiger partial charge in [-0.2, -0.15) is 9.97 Å². The summed E-state index contributed by atoms with van der Waals surface area (Å²) in [5.41, 5.74) is 2.98. The Bertz CT molecular complexity index is 1090. The molecule has 3 aromatic rings. The number of nitrogens with one attached hydrogen (secondary N) is 2. The van der Waals surface area contributed by atoms with Gasteiger partial charge in [0.1, 0.15) is 11.4 Å². The van der Waals surface area contributed by atoms with Gasteiger partial charge in [-0.3, -0.25) is 4.79 Å². The van der Waals surface area contributed by atoms with E-state index in [1.165, 1.54) is 0 Å². The second-order valence-electron chi connectivity index (χ2n) is 7.62. The molecule has 0 atom stereocenters. The van der Waals surface area contributed by atoms with Crippen molar-refractivity contribution in [3.8, 4) is 11.6 Å². The van der Waals surface area contributed by atoms with Crippen molar-refractivity contribution in [3.05, 3.63) is 35.5 Å². The molecule has 2 N–H and O–H groups in total. The second kappa shape index (κ2) is 8.81. The number of aromatic amines is 1. The van der Waals surface area contributed by atoms with Crippen LogP contribution in [0.15, 0.2) is 24.4 Å². The Morgan fingerprint density at radius 3 is 2.71 bits per heavy atom. The number of anilines is 2. The second-order valence-corrected chi connectivity index (χ2v) is 7.62. The Morgan fingerprint density at radius 1 is 1.23 bits per heavy atom. The molecule has 0 aliphatic carbocycles. The molecule has 3 heterocycles. The highest BCUT2D eigenvalue weighted by atomic mass is 16.5. The zero-order valence-electron chi connectivity index (χ0n) is 18.4. The van der Waals surface area contributed by atoms with Gasteiger partial charge in [-0.1, -0.05) is 0 Å². The smallest absolute Gasteiger partial charge is 0.254 e. The number of likely N-dealkylation sites (N-methyl/N-ethyl adjacent to an activating group) is 1. The van der Waals surface area contributed by atoms with Crippen LogP contribution in [0, 0.1) is 6.92 Å². The summed E-state index contributed by atoms with van der Waals surface area (Å²) in [7, 11) is 3.64. The van der Waals surface area contributed by atoms with Crippen LogP contribution in [0.1, 0.15) is 22.8 Å². The number of aromatic nitrogens is 3. The van der Waals surface area contributed by atoms with E-state index in [0.29, 0.717) is 41.1 Å². The highest BCUT2D eigenvalue weighted by molar-refractivity contribution is 5.95. The number of piperazine rings is 1. The van der Waals surface area contributed by atoms with E-state index < -0.39 is 0 Å². The minimum absolute atomic E-state index is 0.0103. The molecular formula is C22H28N6O3. The largest absolute Gasteiger partial charge is 0.495 e. The molecule has 0 radical (unpaired) electrons. The van der Waals surface area contributed by atoms with Crippen LogP contribution in [0.4, 0.5) is 11.6 Å². The fourth-order valence-electron chi connectivity index (χ4n) is 3.69. The lowest BCUT2D eigenvalue weighted by Gasteiger charge is -2.32. The molecule has 31 heavy (non-hydrogen) atoms. The van der Waals surface area contributed by atoms with Crippen LogP contribution >= 0.6 is 0 Å².